The molecule has 0 aromatic heterocycles. The molecular weight excluding hydrogens is 436 g/mol. The lowest BCUT2D eigenvalue weighted by atomic mass is 10.1. The van der Waals surface area contributed by atoms with Gasteiger partial charge in [0, 0.05) is 0 Å². The summed E-state index contributed by atoms with van der Waals surface area (Å²) in [7, 11) is 0. The van der Waals surface area contributed by atoms with E-state index in [0.717, 1.165) is 11.1 Å². The van der Waals surface area contributed by atoms with Gasteiger partial charge < -0.3 is 19.7 Å². The Bertz CT molecular complexity index is 1340. The molecule has 0 fully saturated rings. The molecule has 4 rings (SSSR count). The zero-order chi connectivity index (χ0) is 24.1. The molecule has 34 heavy (non-hydrogen) atoms. The van der Waals surface area contributed by atoms with Crippen molar-refractivity contribution in [1.82, 2.24) is 0 Å². The molecule has 0 atom stereocenters. The first kappa shape index (κ1) is 22.3. The summed E-state index contributed by atoms with van der Waals surface area (Å²) in [4.78, 5) is 36.2. The quantitative estimate of drug-likeness (QED) is 0.304. The largest absolute Gasteiger partial charge is 0.508 e. The summed E-state index contributed by atoms with van der Waals surface area (Å²) in [6.07, 6.45) is 0. The maximum Gasteiger partial charge on any atom is 0.347 e. The molecule has 2 N–H and O–H groups in total. The molecule has 4 aromatic carbocycles. The van der Waals surface area contributed by atoms with Gasteiger partial charge in [0.25, 0.3) is 0 Å². The molecule has 7 nitrogen and oxygen atoms in total. The lowest BCUT2D eigenvalue weighted by Gasteiger charge is -2.10. The first-order valence-corrected chi connectivity index (χ1v) is 10.2. The normalized spacial score (nSPS) is 10.4. The van der Waals surface area contributed by atoms with Gasteiger partial charge in [0.1, 0.15) is 22.8 Å². The maximum absolute atomic E-state index is 12.8. The minimum atomic E-state index is -1.11. The fourth-order valence-corrected chi connectivity index (χ4v) is 3.16. The van der Waals surface area contributed by atoms with Gasteiger partial charge in [-0.15, -0.1) is 0 Å². The molecular formula is C27H18O7. The Morgan fingerprint density at radius 1 is 0.588 bits per heavy atom. The fraction of sp³-hybridized carbons (Fsp3) is 0. The monoisotopic (exact) mass is 454 g/mol. The predicted molar refractivity (Wildman–Crippen MR) is 123 cm³/mol. The third-order valence-corrected chi connectivity index (χ3v) is 4.94. The van der Waals surface area contributed by atoms with E-state index in [1.54, 1.807) is 60.7 Å². The second kappa shape index (κ2) is 9.70. The van der Waals surface area contributed by atoms with Gasteiger partial charge in [-0.3, -0.25) is 0 Å². The zero-order valence-electron chi connectivity index (χ0n) is 17.7. The molecule has 0 spiro atoms. The number of esters is 2. The van der Waals surface area contributed by atoms with Crippen molar-refractivity contribution in [2.24, 2.45) is 0 Å². The van der Waals surface area contributed by atoms with Crippen molar-refractivity contribution in [3.05, 3.63) is 114 Å². The predicted octanol–water partition coefficient (Wildman–Crippen LogP) is 5.20. The average molecular weight is 454 g/mol. The minimum absolute atomic E-state index is 0.0144. The molecule has 0 unspecified atom stereocenters. The molecule has 0 saturated heterocycles. The van der Waals surface area contributed by atoms with E-state index in [-0.39, 0.29) is 28.2 Å². The van der Waals surface area contributed by atoms with Crippen LogP contribution in [0.15, 0.2) is 97.1 Å². The van der Waals surface area contributed by atoms with Crippen molar-refractivity contribution in [2.75, 3.05) is 0 Å². The number of phenolic OH excluding ortho intramolecular Hbond substituents is 1. The fourth-order valence-electron chi connectivity index (χ4n) is 3.16. The summed E-state index contributed by atoms with van der Waals surface area (Å²) in [6.45, 7) is 0. The zero-order valence-corrected chi connectivity index (χ0v) is 17.7. The molecule has 4 aromatic rings. The van der Waals surface area contributed by atoms with Crippen LogP contribution in [0.2, 0.25) is 0 Å². The summed E-state index contributed by atoms with van der Waals surface area (Å²) in [5.74, 6) is -2.06. The smallest absolute Gasteiger partial charge is 0.347 e. The molecule has 0 amide bonds. The van der Waals surface area contributed by atoms with Crippen molar-refractivity contribution in [1.29, 1.82) is 0 Å². The van der Waals surface area contributed by atoms with Crippen LogP contribution in [0.1, 0.15) is 31.1 Å². The molecule has 0 aliphatic heterocycles. The Labute approximate surface area is 194 Å². The summed E-state index contributed by atoms with van der Waals surface area (Å²) < 4.78 is 10.8. The number of hydrogen-bond donors (Lipinski definition) is 2. The van der Waals surface area contributed by atoms with Crippen LogP contribution in [0.25, 0.3) is 11.1 Å². The number of para-hydroxylation sites is 1. The van der Waals surface area contributed by atoms with E-state index in [1.165, 1.54) is 36.4 Å². The van der Waals surface area contributed by atoms with Crippen LogP contribution >= 0.6 is 0 Å². The summed E-state index contributed by atoms with van der Waals surface area (Å²) >= 11 is 0. The second-order valence-electron chi connectivity index (χ2n) is 7.23. The van der Waals surface area contributed by atoms with Gasteiger partial charge in [0.2, 0.25) is 0 Å². The van der Waals surface area contributed by atoms with Crippen LogP contribution in [0, 0.1) is 0 Å². The van der Waals surface area contributed by atoms with E-state index >= 15 is 0 Å². The maximum atomic E-state index is 12.8. The van der Waals surface area contributed by atoms with E-state index in [0.29, 0.717) is 5.75 Å². The standard InChI is InChI=1S/C27H18O7/c28-21-13-9-17(10-14-21)18-11-15-22(16-12-18)33-27(32)23-3-1-2-4-24(23)34-26(31)20-7-5-19(6-8-20)25(29)30/h1-16,28H,(H,29,30). The molecule has 0 aliphatic rings. The van der Waals surface area contributed by atoms with Crippen LogP contribution in [-0.2, 0) is 0 Å². The molecule has 168 valence electrons. The van der Waals surface area contributed by atoms with Crippen LogP contribution < -0.4 is 9.47 Å². The van der Waals surface area contributed by atoms with E-state index in [2.05, 4.69) is 0 Å². The number of rotatable bonds is 6. The molecule has 0 aliphatic carbocycles. The number of phenols is 1. The highest BCUT2D eigenvalue weighted by molar-refractivity contribution is 5.97. The van der Waals surface area contributed by atoms with Gasteiger partial charge in [-0.1, -0.05) is 36.4 Å². The Hall–Kier alpha value is -4.91. The molecule has 0 heterocycles. The minimum Gasteiger partial charge on any atom is -0.508 e. The number of carbonyl (C=O) groups is 3. The number of hydrogen-bond acceptors (Lipinski definition) is 6. The SMILES string of the molecule is O=C(O)c1ccc(C(=O)Oc2ccccc2C(=O)Oc2ccc(-c3ccc(O)cc3)cc2)cc1. The number of carbonyl (C=O) groups excluding carboxylic acids is 2. The Morgan fingerprint density at radius 2 is 1.15 bits per heavy atom. The molecule has 0 radical (unpaired) electrons. The highest BCUT2D eigenvalue weighted by Crippen LogP contribution is 2.26. The Morgan fingerprint density at radius 3 is 1.76 bits per heavy atom. The van der Waals surface area contributed by atoms with Crippen LogP contribution in [0.4, 0.5) is 0 Å². The van der Waals surface area contributed by atoms with Gasteiger partial charge >= 0.3 is 17.9 Å². The number of aromatic carboxylic acids is 1. The van der Waals surface area contributed by atoms with Gasteiger partial charge in [0.05, 0.1) is 11.1 Å². The van der Waals surface area contributed by atoms with Gasteiger partial charge in [0.15, 0.2) is 0 Å². The summed E-state index contributed by atoms with van der Waals surface area (Å²) in [5, 5.41) is 18.4. The first-order valence-electron chi connectivity index (χ1n) is 10.2. The van der Waals surface area contributed by atoms with Crippen molar-refractivity contribution >= 4 is 17.9 Å². The molecule has 7 heteroatoms. The van der Waals surface area contributed by atoms with Gasteiger partial charge in [-0.25, -0.2) is 14.4 Å². The molecule has 0 bridgehead atoms. The van der Waals surface area contributed by atoms with E-state index in [1.807, 2.05) is 0 Å². The highest BCUT2D eigenvalue weighted by Gasteiger charge is 2.18. The number of benzene rings is 4. The van der Waals surface area contributed by atoms with Crippen LogP contribution in [0.3, 0.4) is 0 Å². The van der Waals surface area contributed by atoms with E-state index in [9.17, 15) is 19.5 Å². The lowest BCUT2D eigenvalue weighted by molar-refractivity contribution is 0.0683. The third-order valence-electron chi connectivity index (χ3n) is 4.94. The van der Waals surface area contributed by atoms with E-state index in [4.69, 9.17) is 14.6 Å². The molecule has 0 saturated carbocycles. The van der Waals surface area contributed by atoms with Gasteiger partial charge in [-0.05, 0) is 71.8 Å². The summed E-state index contributed by atoms with van der Waals surface area (Å²) in [6, 6.07) is 25.0. The highest BCUT2D eigenvalue weighted by atomic mass is 16.5. The lowest BCUT2D eigenvalue weighted by Crippen LogP contribution is -2.14. The first-order chi connectivity index (χ1) is 16.4. The van der Waals surface area contributed by atoms with Gasteiger partial charge in [-0.2, -0.15) is 0 Å². The number of carboxylic acid groups (broad SMARTS) is 1. The average Bonchev–Trinajstić information content (AvgIpc) is 2.85. The van der Waals surface area contributed by atoms with Crippen molar-refractivity contribution in [3.8, 4) is 28.4 Å². The van der Waals surface area contributed by atoms with Crippen molar-refractivity contribution in [2.45, 2.75) is 0 Å². The Kier molecular flexibility index (Phi) is 6.36. The topological polar surface area (TPSA) is 110 Å². The summed E-state index contributed by atoms with van der Waals surface area (Å²) in [5.41, 5.74) is 2.00. The van der Waals surface area contributed by atoms with Crippen molar-refractivity contribution in [3.63, 3.8) is 0 Å². The third kappa shape index (κ3) is 5.11. The van der Waals surface area contributed by atoms with Crippen molar-refractivity contribution < 1.29 is 34.1 Å². The van der Waals surface area contributed by atoms with Crippen LogP contribution in [0.5, 0.6) is 17.2 Å². The Balaban J connectivity index is 1.47. The number of carboxylic acids is 1. The second-order valence-corrected chi connectivity index (χ2v) is 7.23. The number of ether oxygens (including phenoxy) is 2. The van der Waals surface area contributed by atoms with Crippen LogP contribution in [-0.4, -0.2) is 28.1 Å². The van der Waals surface area contributed by atoms with E-state index < -0.39 is 17.9 Å². The number of aromatic hydroxyl groups is 1.